The number of hydrogen-bond acceptors (Lipinski definition) is 3. The molecule has 2 atom stereocenters. The molecule has 0 aliphatic carbocycles. The Kier molecular flexibility index (Phi) is 5.62. The predicted octanol–water partition coefficient (Wildman–Crippen LogP) is 1.70. The molecule has 0 spiro atoms. The zero-order valence-corrected chi connectivity index (χ0v) is 11.1. The number of benzene rings is 1. The summed E-state index contributed by atoms with van der Waals surface area (Å²) >= 11 is 0. The molecule has 3 N–H and O–H groups in total. The largest absolute Gasteiger partial charge is 0.395 e. The maximum absolute atomic E-state index is 9.13. The van der Waals surface area contributed by atoms with Gasteiger partial charge >= 0.3 is 0 Å². The van der Waals surface area contributed by atoms with Gasteiger partial charge in [0, 0.05) is 18.6 Å². The molecule has 3 heteroatoms. The molecule has 2 unspecified atom stereocenters. The second-order valence-electron chi connectivity index (χ2n) is 4.51. The Morgan fingerprint density at radius 1 is 1.35 bits per heavy atom. The Morgan fingerprint density at radius 3 is 2.47 bits per heavy atom. The van der Waals surface area contributed by atoms with Crippen LogP contribution in [-0.2, 0) is 0 Å². The van der Waals surface area contributed by atoms with Gasteiger partial charge in [-0.2, -0.15) is 0 Å². The maximum atomic E-state index is 9.13. The topological polar surface area (TPSA) is 49.5 Å². The Balaban J connectivity index is 3.04. The number of rotatable bonds is 6. The van der Waals surface area contributed by atoms with E-state index in [9.17, 15) is 0 Å². The van der Waals surface area contributed by atoms with Crippen molar-refractivity contribution in [3.8, 4) is 0 Å². The van der Waals surface area contributed by atoms with Crippen molar-refractivity contribution in [3.05, 3.63) is 35.4 Å². The molecule has 0 aliphatic rings. The van der Waals surface area contributed by atoms with Crippen LogP contribution in [0.15, 0.2) is 24.3 Å². The summed E-state index contributed by atoms with van der Waals surface area (Å²) in [6.07, 6.45) is 0. The van der Waals surface area contributed by atoms with Crippen molar-refractivity contribution in [2.75, 3.05) is 19.7 Å². The highest BCUT2D eigenvalue weighted by molar-refractivity contribution is 5.29. The van der Waals surface area contributed by atoms with Gasteiger partial charge in [-0.15, -0.1) is 0 Å². The highest BCUT2D eigenvalue weighted by Crippen LogP contribution is 2.25. The summed E-state index contributed by atoms with van der Waals surface area (Å²) in [5.74, 6) is 0. The van der Waals surface area contributed by atoms with Crippen molar-refractivity contribution in [2.45, 2.75) is 32.9 Å². The first-order valence-electron chi connectivity index (χ1n) is 6.27. The van der Waals surface area contributed by atoms with E-state index in [-0.39, 0.29) is 18.7 Å². The predicted molar refractivity (Wildman–Crippen MR) is 71.9 cm³/mol. The van der Waals surface area contributed by atoms with Crippen molar-refractivity contribution >= 4 is 0 Å². The van der Waals surface area contributed by atoms with E-state index < -0.39 is 0 Å². The number of aliphatic hydroxyl groups excluding tert-OH is 1. The van der Waals surface area contributed by atoms with Gasteiger partial charge in [0.2, 0.25) is 0 Å². The van der Waals surface area contributed by atoms with E-state index in [0.29, 0.717) is 6.54 Å². The highest BCUT2D eigenvalue weighted by Gasteiger charge is 2.23. The second-order valence-corrected chi connectivity index (χ2v) is 4.51. The van der Waals surface area contributed by atoms with Crippen LogP contribution in [0.4, 0.5) is 0 Å². The van der Waals surface area contributed by atoms with Crippen molar-refractivity contribution in [1.82, 2.24) is 4.90 Å². The molecule has 0 fully saturated rings. The number of aryl methyl sites for hydroxylation is 1. The van der Waals surface area contributed by atoms with Gasteiger partial charge in [-0.05, 0) is 31.5 Å². The summed E-state index contributed by atoms with van der Waals surface area (Å²) in [6, 6.07) is 8.54. The van der Waals surface area contributed by atoms with Crippen LogP contribution in [0.3, 0.4) is 0 Å². The quantitative estimate of drug-likeness (QED) is 0.790. The molecule has 0 bridgehead atoms. The van der Waals surface area contributed by atoms with Gasteiger partial charge in [-0.1, -0.05) is 31.2 Å². The Bertz CT molecular complexity index is 339. The molecule has 0 heterocycles. The van der Waals surface area contributed by atoms with E-state index in [1.165, 1.54) is 11.1 Å². The fraction of sp³-hybridized carbons (Fsp3) is 0.571. The van der Waals surface area contributed by atoms with Gasteiger partial charge in [-0.3, -0.25) is 4.90 Å². The molecule has 1 aromatic carbocycles. The first kappa shape index (κ1) is 14.2. The molecular formula is C14H24N2O. The van der Waals surface area contributed by atoms with Crippen LogP contribution < -0.4 is 5.73 Å². The summed E-state index contributed by atoms with van der Waals surface area (Å²) in [4.78, 5) is 2.23. The fourth-order valence-corrected chi connectivity index (χ4v) is 2.35. The number of nitrogens with two attached hydrogens (primary N) is 1. The minimum atomic E-state index is 0.0441. The minimum absolute atomic E-state index is 0.0441. The Labute approximate surface area is 104 Å². The van der Waals surface area contributed by atoms with Crippen LogP contribution in [-0.4, -0.2) is 35.7 Å². The summed E-state index contributed by atoms with van der Waals surface area (Å²) in [5.41, 5.74) is 8.64. The lowest BCUT2D eigenvalue weighted by molar-refractivity contribution is 0.143. The monoisotopic (exact) mass is 236 g/mol. The van der Waals surface area contributed by atoms with E-state index in [1.807, 2.05) is 19.1 Å². The molecule has 0 amide bonds. The average molecular weight is 236 g/mol. The molecule has 0 saturated carbocycles. The smallest absolute Gasteiger partial charge is 0.0558 e. The molecule has 0 saturated heterocycles. The van der Waals surface area contributed by atoms with Crippen LogP contribution in [0.1, 0.15) is 31.0 Å². The summed E-state index contributed by atoms with van der Waals surface area (Å²) in [5, 5.41) is 9.13. The average Bonchev–Trinajstić information content (AvgIpc) is 2.30. The first-order chi connectivity index (χ1) is 8.11. The number of likely N-dealkylation sites (N-methyl/N-ethyl adjacent to an activating group) is 1. The molecule has 3 nitrogen and oxygen atoms in total. The van der Waals surface area contributed by atoms with E-state index in [1.54, 1.807) is 0 Å². The van der Waals surface area contributed by atoms with E-state index in [0.717, 1.165) is 6.54 Å². The third-order valence-corrected chi connectivity index (χ3v) is 3.19. The third kappa shape index (κ3) is 3.53. The lowest BCUT2D eigenvalue weighted by atomic mass is 9.95. The fourth-order valence-electron chi connectivity index (χ4n) is 2.35. The van der Waals surface area contributed by atoms with Crippen LogP contribution in [0, 0.1) is 6.92 Å². The molecule has 0 radical (unpaired) electrons. The van der Waals surface area contributed by atoms with Crippen LogP contribution in [0.25, 0.3) is 0 Å². The zero-order chi connectivity index (χ0) is 12.8. The molecule has 1 aromatic rings. The Morgan fingerprint density at radius 2 is 2.00 bits per heavy atom. The van der Waals surface area contributed by atoms with E-state index >= 15 is 0 Å². The van der Waals surface area contributed by atoms with Gasteiger partial charge in [-0.25, -0.2) is 0 Å². The van der Waals surface area contributed by atoms with Crippen molar-refractivity contribution in [3.63, 3.8) is 0 Å². The number of aliphatic hydroxyl groups is 1. The maximum Gasteiger partial charge on any atom is 0.0558 e. The van der Waals surface area contributed by atoms with Crippen molar-refractivity contribution < 1.29 is 5.11 Å². The van der Waals surface area contributed by atoms with Crippen LogP contribution >= 0.6 is 0 Å². The lowest BCUT2D eigenvalue weighted by Gasteiger charge is -2.34. The molecule has 17 heavy (non-hydrogen) atoms. The first-order valence-corrected chi connectivity index (χ1v) is 6.27. The molecule has 0 aliphatic heterocycles. The number of nitrogens with zero attached hydrogens (tertiary/aromatic N) is 1. The molecule has 0 aromatic heterocycles. The van der Waals surface area contributed by atoms with Gasteiger partial charge < -0.3 is 10.8 Å². The second kappa shape index (κ2) is 6.74. The summed E-state index contributed by atoms with van der Waals surface area (Å²) < 4.78 is 0. The van der Waals surface area contributed by atoms with E-state index in [2.05, 4.69) is 30.9 Å². The molecular weight excluding hydrogens is 212 g/mol. The standard InChI is InChI=1S/C14H24N2O/c1-4-16(9-10-17)14(12(3)15)13-8-6-5-7-11(13)2/h5-8,12,14,17H,4,9-10,15H2,1-3H3. The lowest BCUT2D eigenvalue weighted by Crippen LogP contribution is -2.41. The minimum Gasteiger partial charge on any atom is -0.395 e. The normalized spacial score (nSPS) is 14.9. The SMILES string of the molecule is CCN(CCO)C(c1ccccc1C)C(C)N. The van der Waals surface area contributed by atoms with Crippen LogP contribution in [0.5, 0.6) is 0 Å². The number of hydrogen-bond donors (Lipinski definition) is 2. The summed E-state index contributed by atoms with van der Waals surface area (Å²) in [6.45, 7) is 7.96. The summed E-state index contributed by atoms with van der Waals surface area (Å²) in [7, 11) is 0. The third-order valence-electron chi connectivity index (χ3n) is 3.19. The van der Waals surface area contributed by atoms with Crippen LogP contribution in [0.2, 0.25) is 0 Å². The van der Waals surface area contributed by atoms with E-state index in [4.69, 9.17) is 10.8 Å². The van der Waals surface area contributed by atoms with Gasteiger partial charge in [0.25, 0.3) is 0 Å². The van der Waals surface area contributed by atoms with Crippen molar-refractivity contribution in [1.29, 1.82) is 0 Å². The Hall–Kier alpha value is -0.900. The van der Waals surface area contributed by atoms with Gasteiger partial charge in [0.05, 0.1) is 6.61 Å². The van der Waals surface area contributed by atoms with Crippen molar-refractivity contribution in [2.24, 2.45) is 5.73 Å². The zero-order valence-electron chi connectivity index (χ0n) is 11.1. The molecule has 1 rings (SSSR count). The highest BCUT2D eigenvalue weighted by atomic mass is 16.3. The molecule has 96 valence electrons. The van der Waals surface area contributed by atoms with Gasteiger partial charge in [0.15, 0.2) is 0 Å². The van der Waals surface area contributed by atoms with Gasteiger partial charge in [0.1, 0.15) is 0 Å².